The SMILES string of the molecule is O=C(Cl)OC(=S)c1ccccc1. The summed E-state index contributed by atoms with van der Waals surface area (Å²) in [6, 6.07) is 8.91. The Hall–Kier alpha value is -0.930. The molecule has 0 aliphatic carbocycles. The zero-order valence-corrected chi connectivity index (χ0v) is 7.56. The van der Waals surface area contributed by atoms with Gasteiger partial charge in [0.15, 0.2) is 0 Å². The van der Waals surface area contributed by atoms with Gasteiger partial charge in [0, 0.05) is 17.2 Å². The lowest BCUT2D eigenvalue weighted by Gasteiger charge is -2.00. The summed E-state index contributed by atoms with van der Waals surface area (Å²) in [7, 11) is 0. The molecule has 0 unspecified atom stereocenters. The molecule has 0 spiro atoms. The minimum atomic E-state index is -0.913. The molecule has 0 bridgehead atoms. The number of hydrogen-bond acceptors (Lipinski definition) is 3. The van der Waals surface area contributed by atoms with E-state index in [1.807, 2.05) is 6.07 Å². The van der Waals surface area contributed by atoms with Gasteiger partial charge in [-0.3, -0.25) is 0 Å². The predicted molar refractivity (Wildman–Crippen MR) is 50.5 cm³/mol. The molecular formula is C8H5ClO2S. The quantitative estimate of drug-likeness (QED) is 0.515. The van der Waals surface area contributed by atoms with Crippen LogP contribution in [-0.2, 0) is 4.74 Å². The number of carbonyl (C=O) groups is 1. The molecule has 0 amide bonds. The zero-order valence-electron chi connectivity index (χ0n) is 5.99. The van der Waals surface area contributed by atoms with Crippen LogP contribution in [0.2, 0.25) is 0 Å². The number of rotatable bonds is 1. The van der Waals surface area contributed by atoms with Crippen molar-refractivity contribution in [2.75, 3.05) is 0 Å². The van der Waals surface area contributed by atoms with Gasteiger partial charge in [-0.1, -0.05) is 30.3 Å². The van der Waals surface area contributed by atoms with Crippen molar-refractivity contribution < 1.29 is 9.53 Å². The predicted octanol–water partition coefficient (Wildman–Crippen LogP) is 2.74. The molecule has 0 saturated carbocycles. The molecule has 1 aromatic rings. The van der Waals surface area contributed by atoms with Crippen molar-refractivity contribution in [2.45, 2.75) is 0 Å². The second-order valence-electron chi connectivity index (χ2n) is 1.99. The van der Waals surface area contributed by atoms with Crippen LogP contribution in [0.4, 0.5) is 4.79 Å². The van der Waals surface area contributed by atoms with E-state index < -0.39 is 5.43 Å². The number of benzene rings is 1. The van der Waals surface area contributed by atoms with Gasteiger partial charge in [-0.05, 0) is 12.2 Å². The Morgan fingerprint density at radius 3 is 2.42 bits per heavy atom. The van der Waals surface area contributed by atoms with E-state index in [1.165, 1.54) is 0 Å². The summed E-state index contributed by atoms with van der Waals surface area (Å²) in [6.45, 7) is 0. The summed E-state index contributed by atoms with van der Waals surface area (Å²) in [6.07, 6.45) is 0. The van der Waals surface area contributed by atoms with Gasteiger partial charge in [-0.15, -0.1) is 0 Å². The Labute approximate surface area is 80.1 Å². The summed E-state index contributed by atoms with van der Waals surface area (Å²) in [4.78, 5) is 10.3. The molecule has 4 heteroatoms. The standard InChI is InChI=1S/C8H5ClO2S/c9-8(10)11-7(12)6-4-2-1-3-5-6/h1-5H. The molecule has 1 aromatic carbocycles. The van der Waals surface area contributed by atoms with Crippen LogP contribution in [0.1, 0.15) is 5.56 Å². The van der Waals surface area contributed by atoms with Crippen molar-refractivity contribution in [2.24, 2.45) is 0 Å². The van der Waals surface area contributed by atoms with Crippen LogP contribution in [0, 0.1) is 0 Å². The molecule has 0 aromatic heterocycles. The number of hydrogen-bond donors (Lipinski definition) is 0. The first-order chi connectivity index (χ1) is 5.70. The highest BCUT2D eigenvalue weighted by Gasteiger charge is 2.04. The third kappa shape index (κ3) is 2.60. The molecule has 0 radical (unpaired) electrons. The fourth-order valence-corrected chi connectivity index (χ4v) is 1.04. The van der Waals surface area contributed by atoms with E-state index in [0.29, 0.717) is 5.56 Å². The molecule has 0 saturated heterocycles. The number of thiocarbonyl (C=S) groups is 1. The van der Waals surface area contributed by atoms with E-state index >= 15 is 0 Å². The Bertz CT molecular complexity index is 297. The molecule has 0 heterocycles. The minimum absolute atomic E-state index is 0.0931. The maximum atomic E-state index is 10.3. The van der Waals surface area contributed by atoms with Crippen LogP contribution in [-0.4, -0.2) is 10.5 Å². The van der Waals surface area contributed by atoms with E-state index in [0.717, 1.165) is 0 Å². The Balaban J connectivity index is 2.73. The fraction of sp³-hybridized carbons (Fsp3) is 0. The van der Waals surface area contributed by atoms with Crippen molar-refractivity contribution in [1.29, 1.82) is 0 Å². The smallest absolute Gasteiger partial charge is 0.402 e. The van der Waals surface area contributed by atoms with Gasteiger partial charge < -0.3 is 4.74 Å². The first-order valence-corrected chi connectivity index (χ1v) is 3.95. The molecule has 0 N–H and O–H groups in total. The molecule has 0 aliphatic heterocycles. The van der Waals surface area contributed by atoms with Crippen molar-refractivity contribution >= 4 is 34.3 Å². The highest BCUT2D eigenvalue weighted by molar-refractivity contribution is 7.80. The maximum absolute atomic E-state index is 10.3. The molecule has 0 atom stereocenters. The average molecular weight is 201 g/mol. The fourth-order valence-electron chi connectivity index (χ4n) is 0.706. The first-order valence-electron chi connectivity index (χ1n) is 3.17. The van der Waals surface area contributed by atoms with Crippen LogP contribution in [0.5, 0.6) is 0 Å². The Morgan fingerprint density at radius 1 is 1.33 bits per heavy atom. The van der Waals surface area contributed by atoms with Crippen LogP contribution in [0.15, 0.2) is 30.3 Å². The second kappa shape index (κ2) is 4.18. The molecule has 0 fully saturated rings. The van der Waals surface area contributed by atoms with Gasteiger partial charge in [0.1, 0.15) is 0 Å². The summed E-state index contributed by atoms with van der Waals surface area (Å²) in [5.74, 6) is 0. The minimum Gasteiger partial charge on any atom is -0.402 e. The van der Waals surface area contributed by atoms with Crippen molar-refractivity contribution in [3.05, 3.63) is 35.9 Å². The van der Waals surface area contributed by atoms with Gasteiger partial charge in [-0.25, -0.2) is 4.79 Å². The van der Waals surface area contributed by atoms with E-state index in [9.17, 15) is 4.79 Å². The van der Waals surface area contributed by atoms with Crippen molar-refractivity contribution in [3.8, 4) is 0 Å². The maximum Gasteiger partial charge on any atom is 0.410 e. The van der Waals surface area contributed by atoms with Crippen molar-refractivity contribution in [3.63, 3.8) is 0 Å². The molecule has 0 aliphatic rings. The van der Waals surface area contributed by atoms with Gasteiger partial charge >= 0.3 is 5.43 Å². The molecule has 62 valence electrons. The third-order valence-electron chi connectivity index (χ3n) is 1.18. The number of halogens is 1. The van der Waals surface area contributed by atoms with E-state index in [1.54, 1.807) is 24.3 Å². The lowest BCUT2D eigenvalue weighted by Crippen LogP contribution is -2.04. The van der Waals surface area contributed by atoms with Gasteiger partial charge in [0.2, 0.25) is 5.05 Å². The van der Waals surface area contributed by atoms with Crippen LogP contribution >= 0.6 is 23.8 Å². The van der Waals surface area contributed by atoms with E-state index in [2.05, 4.69) is 4.74 Å². The molecule has 1 rings (SSSR count). The van der Waals surface area contributed by atoms with E-state index in [4.69, 9.17) is 23.8 Å². The molecule has 2 nitrogen and oxygen atoms in total. The number of carbonyl (C=O) groups excluding carboxylic acids is 1. The van der Waals surface area contributed by atoms with Gasteiger partial charge in [0.25, 0.3) is 0 Å². The lowest BCUT2D eigenvalue weighted by atomic mass is 10.2. The highest BCUT2D eigenvalue weighted by atomic mass is 35.5. The Morgan fingerprint density at radius 2 is 1.92 bits per heavy atom. The third-order valence-corrected chi connectivity index (χ3v) is 1.58. The van der Waals surface area contributed by atoms with E-state index in [-0.39, 0.29) is 5.05 Å². The average Bonchev–Trinajstić information content (AvgIpc) is 2.05. The van der Waals surface area contributed by atoms with Crippen LogP contribution in [0.3, 0.4) is 0 Å². The highest BCUT2D eigenvalue weighted by Crippen LogP contribution is 2.03. The van der Waals surface area contributed by atoms with Gasteiger partial charge in [-0.2, -0.15) is 0 Å². The largest absolute Gasteiger partial charge is 0.410 e. The lowest BCUT2D eigenvalue weighted by molar-refractivity contribution is 0.224. The summed E-state index contributed by atoms with van der Waals surface area (Å²) < 4.78 is 4.49. The zero-order chi connectivity index (χ0) is 8.97. The second-order valence-corrected chi connectivity index (χ2v) is 2.67. The monoisotopic (exact) mass is 200 g/mol. The van der Waals surface area contributed by atoms with Gasteiger partial charge in [0.05, 0.1) is 0 Å². The molecular weight excluding hydrogens is 196 g/mol. The normalized spacial score (nSPS) is 9.08. The van der Waals surface area contributed by atoms with Crippen LogP contribution in [0.25, 0.3) is 0 Å². The first kappa shape index (κ1) is 9.16. The summed E-state index contributed by atoms with van der Waals surface area (Å²) in [5, 5.41) is 0.0931. The summed E-state index contributed by atoms with van der Waals surface area (Å²) >= 11 is 9.74. The number of ether oxygens (including phenoxy) is 1. The van der Waals surface area contributed by atoms with Crippen molar-refractivity contribution in [1.82, 2.24) is 0 Å². The topological polar surface area (TPSA) is 26.3 Å². The Kier molecular flexibility index (Phi) is 3.19. The summed E-state index contributed by atoms with van der Waals surface area (Å²) in [5.41, 5.74) is -0.245. The molecule has 12 heavy (non-hydrogen) atoms. The van der Waals surface area contributed by atoms with Crippen LogP contribution < -0.4 is 0 Å².